The molecule has 0 unspecified atom stereocenters. The minimum atomic E-state index is 0.315. The fraction of sp³-hybridized carbons (Fsp3) is 1.00. The van der Waals surface area contributed by atoms with Gasteiger partial charge in [0.2, 0.25) is 0 Å². The Hall–Kier alpha value is 0.400. The highest BCUT2D eigenvalue weighted by Gasteiger charge is 2.33. The molecule has 1 saturated heterocycles. The van der Waals surface area contributed by atoms with Crippen molar-refractivity contribution < 1.29 is 9.47 Å². The average Bonchev–Trinajstić information content (AvgIpc) is 2.38. The normalized spacial score (nSPS) is 17.4. The van der Waals surface area contributed by atoms with E-state index >= 15 is 0 Å². The van der Waals surface area contributed by atoms with Crippen molar-refractivity contribution in [3.8, 4) is 0 Å². The lowest BCUT2D eigenvalue weighted by Crippen LogP contribution is -2.43. The number of ether oxygens (including phenoxy) is 2. The Morgan fingerprint density at radius 1 is 0.895 bits per heavy atom. The van der Waals surface area contributed by atoms with Crippen molar-refractivity contribution >= 4 is 15.9 Å². The van der Waals surface area contributed by atoms with E-state index in [-0.39, 0.29) is 0 Å². The number of unbranched alkanes of at least 4 members (excludes halogenated alkanes) is 8. The van der Waals surface area contributed by atoms with E-state index in [4.69, 9.17) is 9.47 Å². The third-order valence-corrected chi connectivity index (χ3v) is 4.33. The first kappa shape index (κ1) is 17.5. The summed E-state index contributed by atoms with van der Waals surface area (Å²) < 4.78 is 10.9. The summed E-state index contributed by atoms with van der Waals surface area (Å²) in [5.41, 5.74) is 0.315. The Balaban J connectivity index is 1.69. The third-order valence-electron chi connectivity index (χ3n) is 3.77. The molecule has 0 aliphatic carbocycles. The molecule has 1 aliphatic heterocycles. The molecule has 1 aliphatic rings. The molecule has 0 saturated carbocycles. The Morgan fingerprint density at radius 3 is 1.89 bits per heavy atom. The van der Waals surface area contributed by atoms with Gasteiger partial charge in [0.1, 0.15) is 0 Å². The van der Waals surface area contributed by atoms with Crippen LogP contribution in [-0.2, 0) is 9.47 Å². The summed E-state index contributed by atoms with van der Waals surface area (Å²) >= 11 is 3.47. The predicted octanol–water partition coefficient (Wildman–Crippen LogP) is 4.95. The summed E-state index contributed by atoms with van der Waals surface area (Å²) in [6.07, 6.45) is 12.3. The highest BCUT2D eigenvalue weighted by atomic mass is 79.9. The van der Waals surface area contributed by atoms with Crippen LogP contribution in [0.2, 0.25) is 0 Å². The second kappa shape index (κ2) is 11.1. The van der Waals surface area contributed by atoms with Gasteiger partial charge in [0.15, 0.2) is 0 Å². The van der Waals surface area contributed by atoms with Gasteiger partial charge < -0.3 is 9.47 Å². The molecule has 1 rings (SSSR count). The summed E-state index contributed by atoms with van der Waals surface area (Å²) in [7, 11) is 0. The number of rotatable bonds is 13. The van der Waals surface area contributed by atoms with Crippen LogP contribution in [0.4, 0.5) is 0 Å². The molecule has 1 fully saturated rings. The Morgan fingerprint density at radius 2 is 1.42 bits per heavy atom. The van der Waals surface area contributed by atoms with E-state index in [0.29, 0.717) is 5.41 Å². The van der Waals surface area contributed by atoms with E-state index in [2.05, 4.69) is 22.9 Å². The zero-order chi connectivity index (χ0) is 13.8. The summed E-state index contributed by atoms with van der Waals surface area (Å²) in [5.74, 6) is 0. The van der Waals surface area contributed by atoms with Gasteiger partial charge in [-0.05, 0) is 12.8 Å². The molecule has 0 radical (unpaired) electrons. The van der Waals surface area contributed by atoms with Crippen LogP contribution in [0, 0.1) is 5.41 Å². The Labute approximate surface area is 127 Å². The highest BCUT2D eigenvalue weighted by Crippen LogP contribution is 2.26. The first-order valence-corrected chi connectivity index (χ1v) is 9.10. The second-order valence-electron chi connectivity index (χ2n) is 6.23. The lowest BCUT2D eigenvalue weighted by atomic mass is 9.90. The van der Waals surface area contributed by atoms with Gasteiger partial charge in [-0.25, -0.2) is 0 Å². The van der Waals surface area contributed by atoms with Crippen molar-refractivity contribution in [2.45, 2.75) is 64.7 Å². The molecule has 0 bridgehead atoms. The second-order valence-corrected chi connectivity index (χ2v) is 7.02. The summed E-state index contributed by atoms with van der Waals surface area (Å²) in [6.45, 7) is 5.80. The van der Waals surface area contributed by atoms with E-state index < -0.39 is 0 Å². The maximum Gasteiger partial charge on any atom is 0.0564 e. The monoisotopic (exact) mass is 334 g/mol. The van der Waals surface area contributed by atoms with Crippen LogP contribution in [0.5, 0.6) is 0 Å². The molecule has 0 spiro atoms. The molecule has 2 nitrogen and oxygen atoms in total. The summed E-state index contributed by atoms with van der Waals surface area (Å²) in [5, 5.41) is 1.16. The lowest BCUT2D eigenvalue weighted by molar-refractivity contribution is -0.137. The van der Waals surface area contributed by atoms with Crippen LogP contribution in [0.3, 0.4) is 0 Å². The SMILES string of the molecule is CC1(COCCCCCCCCCCCBr)COC1. The smallest absolute Gasteiger partial charge is 0.0564 e. The van der Waals surface area contributed by atoms with Gasteiger partial charge in [0.05, 0.1) is 19.8 Å². The quantitative estimate of drug-likeness (QED) is 0.350. The molecule has 19 heavy (non-hydrogen) atoms. The molecule has 1 heterocycles. The summed E-state index contributed by atoms with van der Waals surface area (Å²) in [4.78, 5) is 0. The van der Waals surface area contributed by atoms with Gasteiger partial charge in [-0.2, -0.15) is 0 Å². The van der Waals surface area contributed by atoms with Crippen molar-refractivity contribution in [2.24, 2.45) is 5.41 Å². The number of hydrogen-bond acceptors (Lipinski definition) is 2. The molecule has 0 amide bonds. The maximum absolute atomic E-state index is 5.73. The van der Waals surface area contributed by atoms with E-state index in [1.807, 2.05) is 0 Å². The van der Waals surface area contributed by atoms with Crippen LogP contribution in [0.25, 0.3) is 0 Å². The van der Waals surface area contributed by atoms with Crippen molar-refractivity contribution in [2.75, 3.05) is 31.8 Å². The molecular formula is C16H31BrO2. The van der Waals surface area contributed by atoms with Gasteiger partial charge in [0.25, 0.3) is 0 Å². The Kier molecular flexibility index (Phi) is 10.2. The minimum Gasteiger partial charge on any atom is -0.381 e. The number of alkyl halides is 1. The highest BCUT2D eigenvalue weighted by molar-refractivity contribution is 9.09. The molecule has 0 N–H and O–H groups in total. The van der Waals surface area contributed by atoms with E-state index in [1.165, 1.54) is 57.8 Å². The van der Waals surface area contributed by atoms with Crippen LogP contribution in [0.15, 0.2) is 0 Å². The average molecular weight is 335 g/mol. The fourth-order valence-corrected chi connectivity index (χ4v) is 2.78. The van der Waals surface area contributed by atoms with Gasteiger partial charge >= 0.3 is 0 Å². The van der Waals surface area contributed by atoms with Crippen molar-refractivity contribution in [3.63, 3.8) is 0 Å². The zero-order valence-corrected chi connectivity index (χ0v) is 14.2. The van der Waals surface area contributed by atoms with Crippen molar-refractivity contribution in [1.82, 2.24) is 0 Å². The molecular weight excluding hydrogens is 304 g/mol. The maximum atomic E-state index is 5.73. The molecule has 114 valence electrons. The van der Waals surface area contributed by atoms with Gasteiger partial charge in [-0.1, -0.05) is 67.8 Å². The Bertz CT molecular complexity index is 205. The first-order valence-electron chi connectivity index (χ1n) is 7.98. The van der Waals surface area contributed by atoms with E-state index in [0.717, 1.165) is 31.8 Å². The van der Waals surface area contributed by atoms with Crippen LogP contribution < -0.4 is 0 Å². The van der Waals surface area contributed by atoms with E-state index in [1.54, 1.807) is 0 Å². The van der Waals surface area contributed by atoms with Crippen LogP contribution in [-0.4, -0.2) is 31.8 Å². The lowest BCUT2D eigenvalue weighted by Gasteiger charge is -2.37. The van der Waals surface area contributed by atoms with Crippen molar-refractivity contribution in [1.29, 1.82) is 0 Å². The predicted molar refractivity (Wildman–Crippen MR) is 85.1 cm³/mol. The van der Waals surface area contributed by atoms with Gasteiger partial charge in [0, 0.05) is 17.4 Å². The third kappa shape index (κ3) is 9.04. The topological polar surface area (TPSA) is 18.5 Å². The van der Waals surface area contributed by atoms with Gasteiger partial charge in [-0.15, -0.1) is 0 Å². The molecule has 0 aromatic carbocycles. The van der Waals surface area contributed by atoms with Crippen molar-refractivity contribution in [3.05, 3.63) is 0 Å². The molecule has 3 heteroatoms. The minimum absolute atomic E-state index is 0.315. The molecule has 0 aromatic rings. The largest absolute Gasteiger partial charge is 0.381 e. The fourth-order valence-electron chi connectivity index (χ4n) is 2.39. The zero-order valence-electron chi connectivity index (χ0n) is 12.6. The standard InChI is InChI=1S/C16H31BrO2/c1-16(14-19-15-16)13-18-12-10-8-6-4-2-3-5-7-9-11-17/h2-15H2,1H3. The van der Waals surface area contributed by atoms with E-state index in [9.17, 15) is 0 Å². The van der Waals surface area contributed by atoms with Crippen LogP contribution >= 0.6 is 15.9 Å². The van der Waals surface area contributed by atoms with Gasteiger partial charge in [-0.3, -0.25) is 0 Å². The van der Waals surface area contributed by atoms with Crippen LogP contribution in [0.1, 0.15) is 64.7 Å². The first-order chi connectivity index (χ1) is 9.27. The molecule has 0 aromatic heterocycles. The number of halogens is 1. The molecule has 0 atom stereocenters. The summed E-state index contributed by atoms with van der Waals surface area (Å²) in [6, 6.07) is 0. The number of hydrogen-bond donors (Lipinski definition) is 0.